The van der Waals surface area contributed by atoms with Crippen molar-refractivity contribution in [2.75, 3.05) is 0 Å². The molecular weight excluding hydrogens is 312 g/mol. The van der Waals surface area contributed by atoms with Gasteiger partial charge in [0.05, 0.1) is 0 Å². The maximum Gasteiger partial charge on any atom is 0.306 e. The van der Waals surface area contributed by atoms with Crippen molar-refractivity contribution in [2.45, 2.75) is 70.8 Å². The number of rotatable bonds is 0. The number of carbonyl (C=O) groups excluding carboxylic acids is 2. The largest absolute Gasteiger partial charge is 0.458 e. The first-order valence-electron chi connectivity index (χ1n) is 10.0. The van der Waals surface area contributed by atoms with Gasteiger partial charge in [0.25, 0.3) is 0 Å². The first kappa shape index (κ1) is 15.8. The molecule has 6 atom stereocenters. The molecule has 3 nitrogen and oxygen atoms in total. The highest BCUT2D eigenvalue weighted by atomic mass is 16.6. The second-order valence-corrected chi connectivity index (χ2v) is 9.60. The van der Waals surface area contributed by atoms with Crippen LogP contribution in [-0.2, 0) is 14.3 Å². The second-order valence-electron chi connectivity index (χ2n) is 9.60. The molecule has 3 heteroatoms. The van der Waals surface area contributed by atoms with E-state index in [4.69, 9.17) is 4.74 Å². The summed E-state index contributed by atoms with van der Waals surface area (Å²) in [4.78, 5) is 23.8. The number of ether oxygens (including phenoxy) is 1. The monoisotopic (exact) mass is 340 g/mol. The third-order valence-corrected chi connectivity index (χ3v) is 8.85. The Labute approximate surface area is 149 Å². The van der Waals surface area contributed by atoms with Crippen molar-refractivity contribution in [2.24, 2.45) is 28.6 Å². The summed E-state index contributed by atoms with van der Waals surface area (Å²) in [6.07, 6.45) is 14.3. The summed E-state index contributed by atoms with van der Waals surface area (Å²) in [5, 5.41) is 0. The lowest BCUT2D eigenvalue weighted by Gasteiger charge is -2.57. The van der Waals surface area contributed by atoms with Crippen LogP contribution in [0.2, 0.25) is 0 Å². The number of carbonyl (C=O) groups is 2. The van der Waals surface area contributed by atoms with Crippen molar-refractivity contribution >= 4 is 11.8 Å². The predicted octanol–water partition coefficient (Wildman–Crippen LogP) is 4.37. The number of hydrogen-bond donors (Lipinski definition) is 0. The Morgan fingerprint density at radius 2 is 1.80 bits per heavy atom. The van der Waals surface area contributed by atoms with Crippen LogP contribution in [0.15, 0.2) is 23.8 Å². The Morgan fingerprint density at radius 1 is 1.00 bits per heavy atom. The summed E-state index contributed by atoms with van der Waals surface area (Å²) in [6.45, 7) is 4.78. The van der Waals surface area contributed by atoms with E-state index >= 15 is 0 Å². The summed E-state index contributed by atoms with van der Waals surface area (Å²) in [6, 6.07) is 0. The first-order chi connectivity index (χ1) is 11.9. The topological polar surface area (TPSA) is 43.4 Å². The normalized spacial score (nSPS) is 51.0. The van der Waals surface area contributed by atoms with Gasteiger partial charge in [0.15, 0.2) is 5.78 Å². The van der Waals surface area contributed by atoms with Crippen LogP contribution in [0, 0.1) is 28.6 Å². The molecule has 0 unspecified atom stereocenters. The van der Waals surface area contributed by atoms with E-state index in [2.05, 4.69) is 26.0 Å². The van der Waals surface area contributed by atoms with Crippen LogP contribution in [-0.4, -0.2) is 17.4 Å². The quantitative estimate of drug-likeness (QED) is 0.615. The Bertz CT molecular complexity index is 719. The SMILES string of the molecule is C[C@]12CCC(=O)C=C1C=C[C@@H]1[C@@H]2CC[C@]2(C)[C@H]1CC[C@@]21CCC(=O)O1. The standard InChI is InChI=1S/C22H28O3/c1-20-9-5-15(23)13-14(20)3-4-16-17(20)6-10-21(2)18(16)7-11-22(21)12-8-19(24)25-22/h3-4,13,16-18H,5-12H2,1-2H3/t16-,17+,18+,20+,21-,22-/m1/s1. The lowest BCUT2D eigenvalue weighted by atomic mass is 9.48. The van der Waals surface area contributed by atoms with Crippen LogP contribution in [0.25, 0.3) is 0 Å². The molecule has 1 aliphatic heterocycles. The summed E-state index contributed by atoms with van der Waals surface area (Å²) in [5.74, 6) is 2.08. The van der Waals surface area contributed by atoms with E-state index in [9.17, 15) is 9.59 Å². The molecule has 0 amide bonds. The summed E-state index contributed by atoms with van der Waals surface area (Å²) in [7, 11) is 0. The zero-order valence-corrected chi connectivity index (χ0v) is 15.3. The molecule has 4 aliphatic carbocycles. The molecule has 0 bridgehead atoms. The van der Waals surface area contributed by atoms with Gasteiger partial charge in [-0.1, -0.05) is 26.0 Å². The highest BCUT2D eigenvalue weighted by Gasteiger charge is 2.66. The van der Waals surface area contributed by atoms with Crippen LogP contribution < -0.4 is 0 Å². The molecule has 3 fully saturated rings. The minimum Gasteiger partial charge on any atom is -0.458 e. The van der Waals surface area contributed by atoms with Crippen LogP contribution >= 0.6 is 0 Å². The van der Waals surface area contributed by atoms with Crippen molar-refractivity contribution in [3.05, 3.63) is 23.8 Å². The molecule has 2 saturated carbocycles. The molecule has 1 saturated heterocycles. The molecule has 134 valence electrons. The van der Waals surface area contributed by atoms with Gasteiger partial charge in [-0.3, -0.25) is 9.59 Å². The zero-order valence-electron chi connectivity index (χ0n) is 15.3. The predicted molar refractivity (Wildman–Crippen MR) is 94.7 cm³/mol. The van der Waals surface area contributed by atoms with E-state index < -0.39 is 0 Å². The minimum absolute atomic E-state index is 0.00570. The maximum absolute atomic E-state index is 11.9. The van der Waals surface area contributed by atoms with Gasteiger partial charge in [0.2, 0.25) is 0 Å². The Balaban J connectivity index is 1.53. The van der Waals surface area contributed by atoms with Crippen LogP contribution in [0.4, 0.5) is 0 Å². The molecule has 0 aromatic heterocycles. The van der Waals surface area contributed by atoms with Gasteiger partial charge >= 0.3 is 5.97 Å². The average Bonchev–Trinajstić information content (AvgIpc) is 3.10. The lowest BCUT2D eigenvalue weighted by Crippen LogP contribution is -2.53. The molecule has 1 spiro atoms. The highest BCUT2D eigenvalue weighted by molar-refractivity contribution is 5.92. The number of fused-ring (bicyclic) bond motifs is 6. The van der Waals surface area contributed by atoms with E-state index in [-0.39, 0.29) is 28.2 Å². The number of ketones is 1. The molecule has 0 radical (unpaired) electrons. The van der Waals surface area contributed by atoms with Gasteiger partial charge in [0, 0.05) is 18.3 Å². The van der Waals surface area contributed by atoms with Crippen LogP contribution in [0.3, 0.4) is 0 Å². The van der Waals surface area contributed by atoms with Gasteiger partial charge < -0.3 is 4.74 Å². The smallest absolute Gasteiger partial charge is 0.306 e. The molecule has 25 heavy (non-hydrogen) atoms. The fourth-order valence-corrected chi connectivity index (χ4v) is 7.29. The van der Waals surface area contributed by atoms with E-state index in [1.807, 2.05) is 6.08 Å². The van der Waals surface area contributed by atoms with Crippen molar-refractivity contribution in [3.8, 4) is 0 Å². The Morgan fingerprint density at radius 3 is 2.56 bits per heavy atom. The van der Waals surface area contributed by atoms with Crippen LogP contribution in [0.5, 0.6) is 0 Å². The van der Waals surface area contributed by atoms with Crippen molar-refractivity contribution in [1.82, 2.24) is 0 Å². The van der Waals surface area contributed by atoms with E-state index in [0.29, 0.717) is 30.6 Å². The number of hydrogen-bond acceptors (Lipinski definition) is 3. The molecule has 1 heterocycles. The van der Waals surface area contributed by atoms with Crippen molar-refractivity contribution in [3.63, 3.8) is 0 Å². The number of allylic oxidation sites excluding steroid dienone is 4. The van der Waals surface area contributed by atoms with Gasteiger partial charge in [-0.05, 0) is 73.3 Å². The van der Waals surface area contributed by atoms with Gasteiger partial charge in [-0.15, -0.1) is 0 Å². The summed E-state index contributed by atoms with van der Waals surface area (Å²) in [5.41, 5.74) is 1.32. The highest BCUT2D eigenvalue weighted by Crippen LogP contribution is 2.68. The van der Waals surface area contributed by atoms with E-state index in [1.54, 1.807) is 0 Å². The molecule has 5 aliphatic rings. The lowest BCUT2D eigenvalue weighted by molar-refractivity contribution is -0.165. The third kappa shape index (κ3) is 1.88. The molecule has 0 aromatic rings. The minimum atomic E-state index is -0.201. The fraction of sp³-hybridized carbons (Fsp3) is 0.727. The van der Waals surface area contributed by atoms with Gasteiger partial charge in [0.1, 0.15) is 5.60 Å². The fourth-order valence-electron chi connectivity index (χ4n) is 7.29. The van der Waals surface area contributed by atoms with Gasteiger partial charge in [-0.25, -0.2) is 0 Å². The Kier molecular flexibility index (Phi) is 3.08. The molecular formula is C22H28O3. The van der Waals surface area contributed by atoms with Crippen molar-refractivity contribution < 1.29 is 14.3 Å². The third-order valence-electron chi connectivity index (χ3n) is 8.85. The zero-order chi connectivity index (χ0) is 17.4. The van der Waals surface area contributed by atoms with Gasteiger partial charge in [-0.2, -0.15) is 0 Å². The summed E-state index contributed by atoms with van der Waals surface area (Å²) < 4.78 is 5.99. The van der Waals surface area contributed by atoms with E-state index in [0.717, 1.165) is 25.7 Å². The number of esters is 1. The average molecular weight is 340 g/mol. The molecule has 0 aromatic carbocycles. The van der Waals surface area contributed by atoms with Crippen molar-refractivity contribution in [1.29, 1.82) is 0 Å². The first-order valence-corrected chi connectivity index (χ1v) is 10.0. The Hall–Kier alpha value is -1.38. The maximum atomic E-state index is 11.9. The molecule has 0 N–H and O–H groups in total. The van der Waals surface area contributed by atoms with E-state index in [1.165, 1.54) is 18.4 Å². The summed E-state index contributed by atoms with van der Waals surface area (Å²) >= 11 is 0. The molecule has 5 rings (SSSR count). The van der Waals surface area contributed by atoms with Crippen LogP contribution in [0.1, 0.15) is 65.2 Å². The second kappa shape index (κ2) is 4.86.